The Bertz CT molecular complexity index is 1330. The average molecular weight is 445 g/mol. The summed E-state index contributed by atoms with van der Waals surface area (Å²) in [4.78, 5) is 25.7. The lowest BCUT2D eigenvalue weighted by molar-refractivity contribution is 0.132. The Hall–Kier alpha value is -2.99. The Labute approximate surface area is 194 Å². The minimum absolute atomic E-state index is 0.0493. The molecule has 2 aromatic rings. The highest BCUT2D eigenvalue weighted by molar-refractivity contribution is 5.92. The molecular formula is C27H32N4O2. The largest absolute Gasteiger partial charge is 0.377 e. The van der Waals surface area contributed by atoms with E-state index in [1.54, 1.807) is 0 Å². The Morgan fingerprint density at radius 2 is 2.06 bits per heavy atom. The van der Waals surface area contributed by atoms with Crippen molar-refractivity contribution in [2.45, 2.75) is 66.0 Å². The smallest absolute Gasteiger partial charge is 0.257 e. The fourth-order valence-corrected chi connectivity index (χ4v) is 5.07. The van der Waals surface area contributed by atoms with Crippen LogP contribution in [-0.4, -0.2) is 29.0 Å². The predicted octanol–water partition coefficient (Wildman–Crippen LogP) is 3.26. The molecule has 33 heavy (non-hydrogen) atoms. The molecule has 0 fully saturated rings. The molecule has 0 unspecified atom stereocenters. The number of unbranched alkanes of at least 4 members (excludes halogenated alkanes) is 2. The highest BCUT2D eigenvalue weighted by Gasteiger charge is 2.30. The summed E-state index contributed by atoms with van der Waals surface area (Å²) in [7, 11) is 0. The quantitative estimate of drug-likeness (QED) is 0.501. The maximum absolute atomic E-state index is 13.6. The SMILES string of the molecule is CCCCCN1C=NC2=c3c1c1c(nc3=CCC=C2)-c2cc(CC)c(COCC)c(=O)n2C1. The molecule has 5 rings (SSSR count). The monoisotopic (exact) mass is 444 g/mol. The van der Waals surface area contributed by atoms with Gasteiger partial charge >= 0.3 is 0 Å². The van der Waals surface area contributed by atoms with Crippen LogP contribution in [0.15, 0.2) is 28.0 Å². The Morgan fingerprint density at radius 3 is 2.85 bits per heavy atom. The second-order valence-corrected chi connectivity index (χ2v) is 8.84. The van der Waals surface area contributed by atoms with E-state index in [0.717, 1.165) is 70.2 Å². The highest BCUT2D eigenvalue weighted by Crippen LogP contribution is 2.35. The first-order valence-corrected chi connectivity index (χ1v) is 12.3. The number of hydrogen-bond donors (Lipinski definition) is 0. The van der Waals surface area contributed by atoms with Gasteiger partial charge in [0, 0.05) is 29.5 Å². The van der Waals surface area contributed by atoms with Crippen molar-refractivity contribution in [3.8, 4) is 11.4 Å². The van der Waals surface area contributed by atoms with Crippen LogP contribution in [-0.2, 0) is 24.3 Å². The van der Waals surface area contributed by atoms with Gasteiger partial charge in [0.25, 0.3) is 5.56 Å². The summed E-state index contributed by atoms with van der Waals surface area (Å²) in [5, 5.41) is 2.08. The van der Waals surface area contributed by atoms with Gasteiger partial charge in [-0.1, -0.05) is 38.8 Å². The number of pyridine rings is 2. The molecule has 4 heterocycles. The second-order valence-electron chi connectivity index (χ2n) is 8.84. The maximum Gasteiger partial charge on any atom is 0.257 e. The summed E-state index contributed by atoms with van der Waals surface area (Å²) in [5.74, 6) is 0. The van der Waals surface area contributed by atoms with Crippen LogP contribution in [0.1, 0.15) is 63.1 Å². The van der Waals surface area contributed by atoms with E-state index < -0.39 is 0 Å². The third-order valence-electron chi connectivity index (χ3n) is 6.78. The molecule has 0 N–H and O–H groups in total. The summed E-state index contributed by atoms with van der Waals surface area (Å²) in [6.07, 6.45) is 13.5. The zero-order valence-corrected chi connectivity index (χ0v) is 19.9. The molecule has 2 aliphatic heterocycles. The van der Waals surface area contributed by atoms with Crippen molar-refractivity contribution in [3.05, 3.63) is 55.8 Å². The van der Waals surface area contributed by atoms with Gasteiger partial charge in [-0.25, -0.2) is 9.98 Å². The Morgan fingerprint density at radius 1 is 1.18 bits per heavy atom. The molecule has 0 atom stereocenters. The number of nitrogens with zero attached hydrogens (tertiary/aromatic N) is 4. The zero-order valence-electron chi connectivity index (χ0n) is 19.9. The summed E-state index contributed by atoms with van der Waals surface area (Å²) in [6.45, 7) is 8.69. The van der Waals surface area contributed by atoms with Crippen LogP contribution < -0.4 is 21.0 Å². The van der Waals surface area contributed by atoms with Crippen LogP contribution in [0.3, 0.4) is 0 Å². The maximum atomic E-state index is 13.6. The molecule has 1 aliphatic carbocycles. The number of rotatable bonds is 8. The van der Waals surface area contributed by atoms with Gasteiger partial charge in [0.05, 0.1) is 47.6 Å². The molecule has 6 nitrogen and oxygen atoms in total. The highest BCUT2D eigenvalue weighted by atomic mass is 16.5. The third kappa shape index (κ3) is 3.66. The molecule has 2 aromatic heterocycles. The minimum atomic E-state index is 0.0493. The van der Waals surface area contributed by atoms with Gasteiger partial charge in [-0.05, 0) is 43.9 Å². The Balaban J connectivity index is 1.73. The molecule has 3 aliphatic rings. The van der Waals surface area contributed by atoms with Gasteiger partial charge in [0.1, 0.15) is 0 Å². The van der Waals surface area contributed by atoms with Crippen molar-refractivity contribution in [3.63, 3.8) is 0 Å². The first kappa shape index (κ1) is 21.8. The summed E-state index contributed by atoms with van der Waals surface area (Å²) in [5.41, 5.74) is 7.00. The number of allylic oxidation sites excluding steroid dienone is 1. The van der Waals surface area contributed by atoms with Gasteiger partial charge in [-0.3, -0.25) is 4.79 Å². The van der Waals surface area contributed by atoms with Gasteiger partial charge in [0.2, 0.25) is 0 Å². The lowest BCUT2D eigenvalue weighted by atomic mass is 10.0. The lowest BCUT2D eigenvalue weighted by Gasteiger charge is -2.26. The number of aliphatic imine (C=N–C) groups is 1. The van der Waals surface area contributed by atoms with Crippen molar-refractivity contribution in [2.24, 2.45) is 4.99 Å². The van der Waals surface area contributed by atoms with Crippen LogP contribution in [0.25, 0.3) is 23.2 Å². The molecule has 6 heteroatoms. The van der Waals surface area contributed by atoms with Crippen molar-refractivity contribution in [1.29, 1.82) is 0 Å². The fourth-order valence-electron chi connectivity index (χ4n) is 5.07. The number of fused-ring (bicyclic) bond motifs is 4. The van der Waals surface area contributed by atoms with E-state index >= 15 is 0 Å². The van der Waals surface area contributed by atoms with Crippen molar-refractivity contribution < 1.29 is 4.74 Å². The second kappa shape index (κ2) is 9.10. The van der Waals surface area contributed by atoms with E-state index in [4.69, 9.17) is 14.7 Å². The van der Waals surface area contributed by atoms with Crippen LogP contribution in [0, 0.1) is 0 Å². The molecule has 0 saturated carbocycles. The van der Waals surface area contributed by atoms with E-state index in [1.807, 2.05) is 17.8 Å². The summed E-state index contributed by atoms with van der Waals surface area (Å²) < 4.78 is 7.54. The number of aromatic nitrogens is 2. The van der Waals surface area contributed by atoms with E-state index in [0.29, 0.717) is 19.8 Å². The lowest BCUT2D eigenvalue weighted by Crippen LogP contribution is -2.41. The molecule has 0 bridgehead atoms. The van der Waals surface area contributed by atoms with Crippen molar-refractivity contribution in [2.75, 3.05) is 18.1 Å². The van der Waals surface area contributed by atoms with Gasteiger partial charge in [0.15, 0.2) is 0 Å². The Kier molecular flexibility index (Phi) is 6.02. The summed E-state index contributed by atoms with van der Waals surface area (Å²) in [6, 6.07) is 2.16. The topological polar surface area (TPSA) is 59.7 Å². The standard InChI is InChI=1S/C27H32N4O2/c1-4-7-10-13-30-17-28-21-11-8-9-12-22-24(21)26(30)19-15-31-23(25(19)29-22)14-18(5-2)20(27(31)32)16-33-6-3/h8,11-12,14,17H,4-7,9-10,13,15-16H2,1-3H3. The molecule has 0 radical (unpaired) electrons. The van der Waals surface area contributed by atoms with Crippen molar-refractivity contribution >= 4 is 23.8 Å². The van der Waals surface area contributed by atoms with Gasteiger partial charge in [-0.2, -0.15) is 0 Å². The summed E-state index contributed by atoms with van der Waals surface area (Å²) >= 11 is 0. The molecule has 172 valence electrons. The number of anilines is 1. The zero-order chi connectivity index (χ0) is 22.9. The molecule has 0 aromatic carbocycles. The van der Waals surface area contributed by atoms with E-state index in [9.17, 15) is 4.79 Å². The minimum Gasteiger partial charge on any atom is -0.377 e. The van der Waals surface area contributed by atoms with Gasteiger partial charge in [-0.15, -0.1) is 0 Å². The first-order chi connectivity index (χ1) is 16.2. The molecule has 0 saturated heterocycles. The molecule has 0 spiro atoms. The fraction of sp³-hybridized carbons (Fsp3) is 0.444. The van der Waals surface area contributed by atoms with Crippen LogP contribution >= 0.6 is 0 Å². The average Bonchev–Trinajstić information content (AvgIpc) is 3.07. The normalized spacial score (nSPS) is 15.2. The molecule has 0 amide bonds. The van der Waals surface area contributed by atoms with E-state index in [1.165, 1.54) is 18.5 Å². The van der Waals surface area contributed by atoms with Gasteiger partial charge < -0.3 is 14.2 Å². The molecular weight excluding hydrogens is 412 g/mol. The van der Waals surface area contributed by atoms with Crippen LogP contribution in [0.5, 0.6) is 0 Å². The first-order valence-electron chi connectivity index (χ1n) is 12.3. The van der Waals surface area contributed by atoms with Crippen molar-refractivity contribution in [1.82, 2.24) is 9.55 Å². The number of hydrogen-bond acceptors (Lipinski definition) is 5. The van der Waals surface area contributed by atoms with Crippen LogP contribution in [0.2, 0.25) is 0 Å². The van der Waals surface area contributed by atoms with E-state index in [2.05, 4.69) is 43.0 Å². The van der Waals surface area contributed by atoms with E-state index in [-0.39, 0.29) is 5.56 Å². The number of ether oxygens (including phenoxy) is 1. The third-order valence-corrected chi connectivity index (χ3v) is 6.78. The predicted molar refractivity (Wildman–Crippen MR) is 134 cm³/mol. The van der Waals surface area contributed by atoms with Crippen LogP contribution in [0.4, 0.5) is 5.69 Å². The number of aryl methyl sites for hydroxylation is 1.